The molecule has 0 atom stereocenters. The normalized spacial score (nSPS) is 9.96. The second-order valence-electron chi connectivity index (χ2n) is 5.16. The van der Waals surface area contributed by atoms with Gasteiger partial charge in [-0.3, -0.25) is 9.59 Å². The van der Waals surface area contributed by atoms with Crippen molar-refractivity contribution in [2.75, 3.05) is 24.9 Å². The average molecular weight is 328 g/mol. The Morgan fingerprint density at radius 1 is 0.917 bits per heavy atom. The summed E-state index contributed by atoms with van der Waals surface area (Å²) in [7, 11) is 3.05. The molecular formula is C18H20N2O4. The van der Waals surface area contributed by atoms with Crippen LogP contribution in [0.5, 0.6) is 11.5 Å². The molecule has 2 aromatic rings. The predicted octanol–water partition coefficient (Wildman–Crippen LogP) is 2.98. The Hall–Kier alpha value is -3.02. The topological polar surface area (TPSA) is 76.7 Å². The van der Waals surface area contributed by atoms with Gasteiger partial charge >= 0.3 is 0 Å². The van der Waals surface area contributed by atoms with Crippen molar-refractivity contribution < 1.29 is 19.1 Å². The van der Waals surface area contributed by atoms with Crippen LogP contribution in [0.4, 0.5) is 11.4 Å². The van der Waals surface area contributed by atoms with E-state index in [9.17, 15) is 9.59 Å². The molecule has 0 aliphatic carbocycles. The number of nitrogens with one attached hydrogen (secondary N) is 2. The van der Waals surface area contributed by atoms with E-state index < -0.39 is 5.91 Å². The Bertz CT molecular complexity index is 744. The molecule has 0 saturated heterocycles. The van der Waals surface area contributed by atoms with Crippen LogP contribution in [0, 0.1) is 6.92 Å². The molecule has 0 aliphatic heterocycles. The predicted molar refractivity (Wildman–Crippen MR) is 92.6 cm³/mol. The third-order valence-corrected chi connectivity index (χ3v) is 3.41. The van der Waals surface area contributed by atoms with Crippen molar-refractivity contribution in [3.8, 4) is 11.5 Å². The molecule has 0 spiro atoms. The number of ether oxygens (including phenoxy) is 2. The van der Waals surface area contributed by atoms with E-state index in [1.54, 1.807) is 24.3 Å². The van der Waals surface area contributed by atoms with Crippen LogP contribution in [0.1, 0.15) is 12.0 Å². The summed E-state index contributed by atoms with van der Waals surface area (Å²) in [6, 6.07) is 12.4. The van der Waals surface area contributed by atoms with Gasteiger partial charge in [-0.2, -0.15) is 0 Å². The maximum Gasteiger partial charge on any atom is 0.233 e. The van der Waals surface area contributed by atoms with Gasteiger partial charge in [-0.05, 0) is 30.7 Å². The third-order valence-electron chi connectivity index (χ3n) is 3.41. The number of anilines is 2. The molecule has 2 amide bonds. The lowest BCUT2D eigenvalue weighted by molar-refractivity contribution is -0.123. The van der Waals surface area contributed by atoms with Crippen LogP contribution >= 0.6 is 0 Å². The number of carbonyl (C=O) groups excluding carboxylic acids is 2. The summed E-state index contributed by atoms with van der Waals surface area (Å²) in [6.07, 6.45) is -0.275. The zero-order valence-electron chi connectivity index (χ0n) is 13.9. The zero-order chi connectivity index (χ0) is 17.5. The molecule has 0 radical (unpaired) electrons. The monoisotopic (exact) mass is 328 g/mol. The maximum absolute atomic E-state index is 12.0. The Kier molecular flexibility index (Phi) is 5.78. The van der Waals surface area contributed by atoms with Gasteiger partial charge in [-0.25, -0.2) is 0 Å². The van der Waals surface area contributed by atoms with Gasteiger partial charge in [0.1, 0.15) is 6.42 Å². The van der Waals surface area contributed by atoms with Gasteiger partial charge in [0.2, 0.25) is 11.8 Å². The van der Waals surface area contributed by atoms with Gasteiger partial charge in [-0.15, -0.1) is 0 Å². The number of amides is 2. The van der Waals surface area contributed by atoms with E-state index in [2.05, 4.69) is 10.6 Å². The van der Waals surface area contributed by atoms with Gasteiger partial charge in [0, 0.05) is 17.4 Å². The first-order chi connectivity index (χ1) is 11.5. The Morgan fingerprint density at radius 2 is 1.58 bits per heavy atom. The van der Waals surface area contributed by atoms with Crippen molar-refractivity contribution in [1.82, 2.24) is 0 Å². The standard InChI is InChI=1S/C18H20N2O4/c1-12-6-4-5-7-14(12)20-18(22)11-17(21)19-13-8-9-15(23-2)16(10-13)24-3/h4-10H,11H2,1-3H3,(H,19,21)(H,20,22). The van der Waals surface area contributed by atoms with Crippen molar-refractivity contribution in [1.29, 1.82) is 0 Å². The molecule has 0 fully saturated rings. The summed E-state index contributed by atoms with van der Waals surface area (Å²) in [5.41, 5.74) is 2.16. The Morgan fingerprint density at radius 3 is 2.25 bits per heavy atom. The first-order valence-corrected chi connectivity index (χ1v) is 7.41. The number of para-hydroxylation sites is 1. The fourth-order valence-corrected chi connectivity index (χ4v) is 2.17. The maximum atomic E-state index is 12.0. The molecule has 2 aromatic carbocycles. The van der Waals surface area contributed by atoms with Crippen LogP contribution in [0.25, 0.3) is 0 Å². The number of hydrogen-bond donors (Lipinski definition) is 2. The average Bonchev–Trinajstić information content (AvgIpc) is 2.56. The van der Waals surface area contributed by atoms with E-state index >= 15 is 0 Å². The molecule has 2 N–H and O–H groups in total. The zero-order valence-corrected chi connectivity index (χ0v) is 13.9. The van der Waals surface area contributed by atoms with Crippen LogP contribution in [-0.2, 0) is 9.59 Å². The Balaban J connectivity index is 1.95. The van der Waals surface area contributed by atoms with Gasteiger partial charge in [-0.1, -0.05) is 18.2 Å². The van der Waals surface area contributed by atoms with E-state index in [-0.39, 0.29) is 12.3 Å². The summed E-state index contributed by atoms with van der Waals surface area (Å²) in [4.78, 5) is 24.0. The molecule has 0 saturated carbocycles. The van der Waals surface area contributed by atoms with Crippen LogP contribution in [0.15, 0.2) is 42.5 Å². The highest BCUT2D eigenvalue weighted by molar-refractivity contribution is 6.08. The summed E-state index contributed by atoms with van der Waals surface area (Å²) in [5.74, 6) is 0.281. The van der Waals surface area contributed by atoms with Gasteiger partial charge in [0.25, 0.3) is 0 Å². The molecule has 0 aliphatic rings. The highest BCUT2D eigenvalue weighted by Crippen LogP contribution is 2.29. The van der Waals surface area contributed by atoms with Crippen LogP contribution in [0.2, 0.25) is 0 Å². The summed E-state index contributed by atoms with van der Waals surface area (Å²) in [5, 5.41) is 5.39. The van der Waals surface area contributed by atoms with Crippen molar-refractivity contribution in [2.45, 2.75) is 13.3 Å². The second kappa shape index (κ2) is 8.01. The number of methoxy groups -OCH3 is 2. The van der Waals surface area contributed by atoms with Crippen LogP contribution in [0.3, 0.4) is 0 Å². The van der Waals surface area contributed by atoms with Gasteiger partial charge < -0.3 is 20.1 Å². The number of rotatable bonds is 6. The third kappa shape index (κ3) is 4.49. The molecule has 0 unspecified atom stereocenters. The van der Waals surface area contributed by atoms with Crippen molar-refractivity contribution in [3.63, 3.8) is 0 Å². The quantitative estimate of drug-likeness (QED) is 0.799. The lowest BCUT2D eigenvalue weighted by atomic mass is 10.2. The molecule has 0 bridgehead atoms. The smallest absolute Gasteiger partial charge is 0.233 e. The highest BCUT2D eigenvalue weighted by atomic mass is 16.5. The minimum Gasteiger partial charge on any atom is -0.493 e. The number of carbonyl (C=O) groups is 2. The van der Waals surface area contributed by atoms with Crippen molar-refractivity contribution in [2.24, 2.45) is 0 Å². The molecule has 0 aromatic heterocycles. The molecule has 126 valence electrons. The second-order valence-corrected chi connectivity index (χ2v) is 5.16. The molecule has 6 nitrogen and oxygen atoms in total. The van der Waals surface area contributed by atoms with Crippen LogP contribution in [-0.4, -0.2) is 26.0 Å². The van der Waals surface area contributed by atoms with E-state index in [4.69, 9.17) is 9.47 Å². The molecular weight excluding hydrogens is 308 g/mol. The fourth-order valence-electron chi connectivity index (χ4n) is 2.17. The summed E-state index contributed by atoms with van der Waals surface area (Å²) >= 11 is 0. The van der Waals surface area contributed by atoms with E-state index in [1.807, 2.05) is 25.1 Å². The minimum absolute atomic E-state index is 0.275. The van der Waals surface area contributed by atoms with E-state index in [1.165, 1.54) is 14.2 Å². The molecule has 0 heterocycles. The number of hydrogen-bond acceptors (Lipinski definition) is 4. The van der Waals surface area contributed by atoms with Crippen LogP contribution < -0.4 is 20.1 Å². The summed E-state index contributed by atoms with van der Waals surface area (Å²) in [6.45, 7) is 1.89. The number of aryl methyl sites for hydroxylation is 1. The fraction of sp³-hybridized carbons (Fsp3) is 0.222. The number of benzene rings is 2. The van der Waals surface area contributed by atoms with Crippen molar-refractivity contribution >= 4 is 23.2 Å². The van der Waals surface area contributed by atoms with Gasteiger partial charge in [0.15, 0.2) is 11.5 Å². The van der Waals surface area contributed by atoms with E-state index in [0.717, 1.165) is 5.56 Å². The molecule has 24 heavy (non-hydrogen) atoms. The SMILES string of the molecule is COc1ccc(NC(=O)CC(=O)Nc2ccccc2C)cc1OC. The highest BCUT2D eigenvalue weighted by Gasteiger charge is 2.12. The van der Waals surface area contributed by atoms with Gasteiger partial charge in [0.05, 0.1) is 14.2 Å². The van der Waals surface area contributed by atoms with E-state index in [0.29, 0.717) is 22.9 Å². The molecule has 6 heteroatoms. The summed E-state index contributed by atoms with van der Waals surface area (Å²) < 4.78 is 10.3. The minimum atomic E-state index is -0.409. The first kappa shape index (κ1) is 17.3. The van der Waals surface area contributed by atoms with Crippen molar-refractivity contribution in [3.05, 3.63) is 48.0 Å². The Labute approximate surface area is 140 Å². The lowest BCUT2D eigenvalue weighted by Gasteiger charge is -2.11. The largest absolute Gasteiger partial charge is 0.493 e. The molecule has 2 rings (SSSR count). The lowest BCUT2D eigenvalue weighted by Crippen LogP contribution is -2.21. The first-order valence-electron chi connectivity index (χ1n) is 7.41.